The summed E-state index contributed by atoms with van der Waals surface area (Å²) < 4.78 is 39.7. The molecule has 6 nitrogen and oxygen atoms in total. The molecule has 0 aliphatic carbocycles. The van der Waals surface area contributed by atoms with Crippen molar-refractivity contribution in [2.24, 2.45) is 20.6 Å². The predicted octanol–water partition coefficient (Wildman–Crippen LogP) is 4.66. The molecule has 9 heteroatoms. The summed E-state index contributed by atoms with van der Waals surface area (Å²) in [6.07, 6.45) is 1.08. The maximum atomic E-state index is 13.5. The van der Waals surface area contributed by atoms with Gasteiger partial charge in [0.05, 0.1) is 5.70 Å². The lowest BCUT2D eigenvalue weighted by Gasteiger charge is -2.21. The van der Waals surface area contributed by atoms with E-state index in [2.05, 4.69) is 25.9 Å². The van der Waals surface area contributed by atoms with Gasteiger partial charge in [-0.25, -0.2) is 13.2 Å². The Labute approximate surface area is 178 Å². The van der Waals surface area contributed by atoms with Gasteiger partial charge in [0.15, 0.2) is 17.8 Å². The van der Waals surface area contributed by atoms with E-state index in [0.29, 0.717) is 17.8 Å². The highest BCUT2D eigenvalue weighted by atomic mass is 19.2. The summed E-state index contributed by atoms with van der Waals surface area (Å²) in [7, 11) is 0. The maximum Gasteiger partial charge on any atom is 0.280 e. The van der Waals surface area contributed by atoms with Crippen molar-refractivity contribution >= 4 is 17.6 Å². The van der Waals surface area contributed by atoms with Crippen molar-refractivity contribution < 1.29 is 18.0 Å². The lowest BCUT2D eigenvalue weighted by atomic mass is 9.97. The van der Waals surface area contributed by atoms with Crippen LogP contribution in [0.2, 0.25) is 0 Å². The quantitative estimate of drug-likeness (QED) is 0.548. The Balaban J connectivity index is 1.79. The minimum atomic E-state index is -1.13. The molecule has 2 N–H and O–H groups in total. The van der Waals surface area contributed by atoms with Crippen LogP contribution in [0.1, 0.15) is 36.7 Å². The first kappa shape index (κ1) is 22.2. The third-order valence-electron chi connectivity index (χ3n) is 4.20. The third-order valence-corrected chi connectivity index (χ3v) is 4.20. The van der Waals surface area contributed by atoms with Crippen molar-refractivity contribution in [1.29, 1.82) is 0 Å². The number of hydrogen-bond donors (Lipinski definition) is 2. The molecule has 0 saturated carbocycles. The summed E-state index contributed by atoms with van der Waals surface area (Å²) in [5.41, 5.74) is 1.01. The van der Waals surface area contributed by atoms with Crippen LogP contribution in [0, 0.1) is 22.9 Å². The molecule has 31 heavy (non-hydrogen) atoms. The van der Waals surface area contributed by atoms with Crippen molar-refractivity contribution in [3.8, 4) is 0 Å². The molecular formula is C22H22F3N5O. The summed E-state index contributed by atoms with van der Waals surface area (Å²) in [5, 5.41) is 14.2. The van der Waals surface area contributed by atoms with E-state index in [-0.39, 0.29) is 22.8 Å². The smallest absolute Gasteiger partial charge is 0.280 e. The fourth-order valence-corrected chi connectivity index (χ4v) is 2.59. The van der Waals surface area contributed by atoms with Crippen molar-refractivity contribution in [3.05, 3.63) is 77.1 Å². The first-order chi connectivity index (χ1) is 14.6. The zero-order chi connectivity index (χ0) is 22.6. The molecule has 0 saturated heterocycles. The molecule has 162 valence electrons. The minimum absolute atomic E-state index is 0.0913. The molecule has 3 rings (SSSR count). The van der Waals surface area contributed by atoms with Gasteiger partial charge in [-0.1, -0.05) is 20.8 Å². The third kappa shape index (κ3) is 6.24. The number of azo groups is 1. The fraction of sp³-hybridized carbons (Fsp3) is 0.273. The molecule has 1 unspecified atom stereocenters. The summed E-state index contributed by atoms with van der Waals surface area (Å²) in [6, 6.07) is 8.65. The Bertz CT molecular complexity index is 1060. The summed E-state index contributed by atoms with van der Waals surface area (Å²) >= 11 is 0. The highest BCUT2D eigenvalue weighted by molar-refractivity contribution is 6.02. The second-order valence-electron chi connectivity index (χ2n) is 8.17. The molecule has 0 bridgehead atoms. The van der Waals surface area contributed by atoms with Crippen LogP contribution in [-0.4, -0.2) is 24.6 Å². The highest BCUT2D eigenvalue weighted by Gasteiger charge is 2.19. The molecule has 2 aromatic rings. The molecule has 0 aromatic heterocycles. The number of amides is 1. The second-order valence-corrected chi connectivity index (χ2v) is 8.17. The van der Waals surface area contributed by atoms with Gasteiger partial charge in [0.1, 0.15) is 5.82 Å². The van der Waals surface area contributed by atoms with Gasteiger partial charge in [-0.2, -0.15) is 15.2 Å². The van der Waals surface area contributed by atoms with Gasteiger partial charge in [0.2, 0.25) is 5.96 Å². The SMILES string of the molecule is CC(C)(C)CN/C(=N/C(=O)c1ccc(F)c(F)c1)NC1C=C(c2ccc(F)cc2)N=N1. The van der Waals surface area contributed by atoms with Gasteiger partial charge in [0.25, 0.3) is 5.91 Å². The maximum absolute atomic E-state index is 13.5. The zero-order valence-corrected chi connectivity index (χ0v) is 17.3. The molecule has 1 heterocycles. The van der Waals surface area contributed by atoms with Crippen LogP contribution < -0.4 is 10.6 Å². The van der Waals surface area contributed by atoms with E-state index in [9.17, 15) is 18.0 Å². The van der Waals surface area contributed by atoms with Crippen LogP contribution >= 0.6 is 0 Å². The van der Waals surface area contributed by atoms with Crippen LogP contribution in [0.15, 0.2) is 63.8 Å². The van der Waals surface area contributed by atoms with Crippen LogP contribution in [-0.2, 0) is 0 Å². The molecule has 1 atom stereocenters. The van der Waals surface area contributed by atoms with Gasteiger partial charge in [-0.3, -0.25) is 4.79 Å². The Morgan fingerprint density at radius 2 is 1.77 bits per heavy atom. The fourth-order valence-electron chi connectivity index (χ4n) is 2.59. The van der Waals surface area contributed by atoms with Crippen LogP contribution in [0.3, 0.4) is 0 Å². The van der Waals surface area contributed by atoms with Crippen molar-refractivity contribution in [2.45, 2.75) is 26.9 Å². The van der Waals surface area contributed by atoms with E-state index in [1.54, 1.807) is 18.2 Å². The van der Waals surface area contributed by atoms with E-state index in [4.69, 9.17) is 0 Å². The normalized spacial score (nSPS) is 16.3. The van der Waals surface area contributed by atoms with Gasteiger partial charge < -0.3 is 10.6 Å². The first-order valence-electron chi connectivity index (χ1n) is 9.58. The van der Waals surface area contributed by atoms with Crippen LogP contribution in [0.25, 0.3) is 5.70 Å². The summed E-state index contributed by atoms with van der Waals surface area (Å²) in [4.78, 5) is 16.5. The number of hydrogen-bond acceptors (Lipinski definition) is 3. The molecule has 0 fully saturated rings. The predicted molar refractivity (Wildman–Crippen MR) is 112 cm³/mol. The number of aliphatic imine (C=N–C) groups is 1. The van der Waals surface area contributed by atoms with Crippen LogP contribution in [0.4, 0.5) is 13.2 Å². The number of carbonyl (C=O) groups is 1. The monoisotopic (exact) mass is 429 g/mol. The Morgan fingerprint density at radius 3 is 2.42 bits per heavy atom. The topological polar surface area (TPSA) is 78.2 Å². The summed E-state index contributed by atoms with van der Waals surface area (Å²) in [6.45, 7) is 6.46. The van der Waals surface area contributed by atoms with E-state index in [1.165, 1.54) is 12.1 Å². The largest absolute Gasteiger partial charge is 0.355 e. The first-order valence-corrected chi connectivity index (χ1v) is 9.58. The van der Waals surface area contributed by atoms with Gasteiger partial charge in [0, 0.05) is 17.7 Å². The van der Waals surface area contributed by atoms with E-state index in [0.717, 1.165) is 18.2 Å². The van der Waals surface area contributed by atoms with E-state index >= 15 is 0 Å². The van der Waals surface area contributed by atoms with Crippen molar-refractivity contribution in [3.63, 3.8) is 0 Å². The number of rotatable bonds is 4. The number of nitrogens with one attached hydrogen (secondary N) is 2. The van der Waals surface area contributed by atoms with E-state index < -0.39 is 23.7 Å². The Kier molecular flexibility index (Phi) is 6.53. The van der Waals surface area contributed by atoms with Crippen LogP contribution in [0.5, 0.6) is 0 Å². The van der Waals surface area contributed by atoms with Gasteiger partial charge in [-0.15, -0.1) is 0 Å². The standard InChI is InChI=1S/C22H22F3N5O/c1-22(2,3)12-26-21(28-20(31)14-6-9-16(24)17(25)10-14)27-19-11-18(29-30-19)13-4-7-15(23)8-5-13/h4-11,19H,12H2,1-3H3,(H2,26,27,28,31). The number of halogens is 3. The number of nitrogens with zero attached hydrogens (tertiary/aromatic N) is 3. The number of guanidine groups is 1. The molecule has 1 aliphatic rings. The average Bonchev–Trinajstić information content (AvgIpc) is 3.16. The molecule has 2 aromatic carbocycles. The van der Waals surface area contributed by atoms with Gasteiger partial charge in [-0.05, 0) is 54.0 Å². The molecule has 0 spiro atoms. The lowest BCUT2D eigenvalue weighted by Crippen LogP contribution is -2.45. The molecule has 0 radical (unpaired) electrons. The Hall–Kier alpha value is -3.49. The summed E-state index contributed by atoms with van der Waals surface area (Å²) in [5.74, 6) is -3.17. The second kappa shape index (κ2) is 9.11. The van der Waals surface area contributed by atoms with E-state index in [1.807, 2.05) is 20.8 Å². The number of benzene rings is 2. The number of carbonyl (C=O) groups excluding carboxylic acids is 1. The molecule has 1 amide bonds. The van der Waals surface area contributed by atoms with Gasteiger partial charge >= 0.3 is 0 Å². The van der Waals surface area contributed by atoms with Crippen molar-refractivity contribution in [1.82, 2.24) is 10.6 Å². The minimum Gasteiger partial charge on any atom is -0.355 e. The highest BCUT2D eigenvalue weighted by Crippen LogP contribution is 2.22. The Morgan fingerprint density at radius 1 is 1.06 bits per heavy atom. The zero-order valence-electron chi connectivity index (χ0n) is 17.3. The van der Waals surface area contributed by atoms with Crippen molar-refractivity contribution in [2.75, 3.05) is 6.54 Å². The average molecular weight is 429 g/mol. The molecule has 1 aliphatic heterocycles. The molecular weight excluding hydrogens is 407 g/mol. The lowest BCUT2D eigenvalue weighted by molar-refractivity contribution is 0.100.